The number of hydrogen-bond acceptors (Lipinski definition) is 5. The van der Waals surface area contributed by atoms with Crippen LogP contribution >= 0.6 is 35.2 Å². The molecule has 3 aromatic rings. The van der Waals surface area contributed by atoms with Crippen LogP contribution in [0, 0.1) is 4.77 Å². The van der Waals surface area contributed by atoms with Crippen LogP contribution in [0.15, 0.2) is 47.9 Å². The van der Waals surface area contributed by atoms with E-state index in [4.69, 9.17) is 28.9 Å². The minimum atomic E-state index is 0.0579. The van der Waals surface area contributed by atoms with Crippen LogP contribution in [0.4, 0.5) is 0 Å². The fraction of sp³-hybridized carbons (Fsp3) is 0.286. The van der Waals surface area contributed by atoms with Crippen molar-refractivity contribution >= 4 is 47.1 Å². The van der Waals surface area contributed by atoms with Crippen molar-refractivity contribution in [3.05, 3.63) is 62.5 Å². The summed E-state index contributed by atoms with van der Waals surface area (Å²) in [7, 11) is 1.92. The van der Waals surface area contributed by atoms with Crippen LogP contribution in [0.5, 0.6) is 0 Å². The molecule has 1 fully saturated rings. The average Bonchev–Trinajstić information content (AvgIpc) is 3.37. The lowest BCUT2D eigenvalue weighted by molar-refractivity contribution is -0.127. The Balaban J connectivity index is 1.37. The van der Waals surface area contributed by atoms with Gasteiger partial charge in [0.25, 0.3) is 0 Å². The van der Waals surface area contributed by atoms with Crippen molar-refractivity contribution in [2.45, 2.75) is 6.67 Å². The molecule has 3 heterocycles. The average molecular weight is 460 g/mol. The highest BCUT2D eigenvalue weighted by atomic mass is 35.5. The third-order valence-electron chi connectivity index (χ3n) is 5.09. The summed E-state index contributed by atoms with van der Waals surface area (Å²) in [5.41, 5.74) is 0.972. The van der Waals surface area contributed by atoms with Crippen LogP contribution in [0.2, 0.25) is 5.02 Å². The van der Waals surface area contributed by atoms with Gasteiger partial charge in [0.2, 0.25) is 5.91 Å². The number of halogens is 1. The number of thiophene rings is 1. The molecule has 1 amide bonds. The Labute approximate surface area is 189 Å². The smallest absolute Gasteiger partial charge is 0.246 e. The zero-order valence-electron chi connectivity index (χ0n) is 16.6. The first-order valence-electron chi connectivity index (χ1n) is 9.64. The molecule has 1 saturated heterocycles. The molecule has 0 atom stereocenters. The van der Waals surface area contributed by atoms with Crippen LogP contribution in [0.1, 0.15) is 4.88 Å². The van der Waals surface area contributed by atoms with Crippen LogP contribution < -0.4 is 0 Å². The van der Waals surface area contributed by atoms with Crippen molar-refractivity contribution < 1.29 is 4.79 Å². The van der Waals surface area contributed by atoms with E-state index in [0.29, 0.717) is 29.6 Å². The van der Waals surface area contributed by atoms with Gasteiger partial charge in [-0.1, -0.05) is 17.7 Å². The Morgan fingerprint density at radius 1 is 1.20 bits per heavy atom. The van der Waals surface area contributed by atoms with Gasteiger partial charge < -0.3 is 9.47 Å². The molecule has 0 spiro atoms. The Hall–Kier alpha value is -2.26. The second-order valence-electron chi connectivity index (χ2n) is 7.11. The van der Waals surface area contributed by atoms with Gasteiger partial charge in [-0.2, -0.15) is 5.10 Å². The maximum absolute atomic E-state index is 12.4. The van der Waals surface area contributed by atoms with Crippen LogP contribution in [0.25, 0.3) is 17.5 Å². The normalized spacial score (nSPS) is 15.2. The Morgan fingerprint density at radius 3 is 2.60 bits per heavy atom. The van der Waals surface area contributed by atoms with E-state index in [-0.39, 0.29) is 5.91 Å². The summed E-state index contributed by atoms with van der Waals surface area (Å²) < 4.78 is 4.42. The molecule has 0 aliphatic carbocycles. The molecule has 2 aromatic heterocycles. The molecule has 0 unspecified atom stereocenters. The molecule has 156 valence electrons. The minimum Gasteiger partial charge on any atom is -0.337 e. The molecule has 0 saturated carbocycles. The summed E-state index contributed by atoms with van der Waals surface area (Å²) in [6, 6.07) is 11.6. The van der Waals surface area contributed by atoms with Gasteiger partial charge in [0.15, 0.2) is 10.6 Å². The molecule has 30 heavy (non-hydrogen) atoms. The predicted octanol–water partition coefficient (Wildman–Crippen LogP) is 4.15. The number of rotatable bonds is 5. The van der Waals surface area contributed by atoms with Gasteiger partial charge in [0.05, 0.1) is 6.67 Å². The second-order valence-corrected chi connectivity index (χ2v) is 8.89. The summed E-state index contributed by atoms with van der Waals surface area (Å²) in [5.74, 6) is 0.867. The van der Waals surface area contributed by atoms with Gasteiger partial charge in [-0.15, -0.1) is 11.3 Å². The monoisotopic (exact) mass is 459 g/mol. The second kappa shape index (κ2) is 9.26. The Morgan fingerprint density at radius 2 is 1.93 bits per heavy atom. The van der Waals surface area contributed by atoms with E-state index in [1.807, 2.05) is 69.1 Å². The van der Waals surface area contributed by atoms with Crippen LogP contribution in [0.3, 0.4) is 0 Å². The van der Waals surface area contributed by atoms with E-state index in [0.717, 1.165) is 29.4 Å². The highest BCUT2D eigenvalue weighted by Gasteiger charge is 2.21. The number of hydrogen-bond donors (Lipinski definition) is 0. The molecule has 6 nitrogen and oxygen atoms in total. The van der Waals surface area contributed by atoms with Gasteiger partial charge in [0, 0.05) is 54.8 Å². The fourth-order valence-electron chi connectivity index (χ4n) is 3.37. The number of nitrogens with zero attached hydrogens (tertiary/aromatic N) is 5. The first kappa shape index (κ1) is 21.0. The molecule has 0 N–H and O–H groups in total. The quantitative estimate of drug-likeness (QED) is 0.425. The lowest BCUT2D eigenvalue weighted by Gasteiger charge is -2.33. The number of amides is 1. The van der Waals surface area contributed by atoms with E-state index in [2.05, 4.69) is 4.90 Å². The summed E-state index contributed by atoms with van der Waals surface area (Å²) >= 11 is 13.2. The SMILES string of the molecule is Cn1c(-c2ccc(Cl)cc2)nn(CN2CCN(C(=O)/C=C/c3cccs3)CC2)c1=S. The minimum absolute atomic E-state index is 0.0579. The van der Waals surface area contributed by atoms with Gasteiger partial charge in [-0.3, -0.25) is 9.69 Å². The first-order valence-corrected chi connectivity index (χ1v) is 11.3. The highest BCUT2D eigenvalue weighted by molar-refractivity contribution is 7.71. The van der Waals surface area contributed by atoms with E-state index in [9.17, 15) is 4.79 Å². The number of carbonyl (C=O) groups is 1. The summed E-state index contributed by atoms with van der Waals surface area (Å²) in [6.45, 7) is 3.56. The summed E-state index contributed by atoms with van der Waals surface area (Å²) in [6.07, 6.45) is 3.54. The zero-order chi connectivity index (χ0) is 21.1. The topological polar surface area (TPSA) is 46.3 Å². The van der Waals surface area contributed by atoms with Gasteiger partial charge in [0.1, 0.15) is 0 Å². The molecular weight excluding hydrogens is 438 g/mol. The summed E-state index contributed by atoms with van der Waals surface area (Å²) in [4.78, 5) is 17.7. The van der Waals surface area contributed by atoms with Crippen molar-refractivity contribution in [2.24, 2.45) is 7.05 Å². The maximum Gasteiger partial charge on any atom is 0.246 e. The molecule has 1 aliphatic heterocycles. The number of carbonyl (C=O) groups excluding carboxylic acids is 1. The molecular formula is C21H22ClN5OS2. The molecule has 1 aliphatic rings. The van der Waals surface area contributed by atoms with E-state index in [1.54, 1.807) is 17.4 Å². The van der Waals surface area contributed by atoms with Crippen molar-refractivity contribution in [2.75, 3.05) is 26.2 Å². The zero-order valence-corrected chi connectivity index (χ0v) is 19.0. The third-order valence-corrected chi connectivity index (χ3v) is 6.67. The van der Waals surface area contributed by atoms with Crippen molar-refractivity contribution in [3.63, 3.8) is 0 Å². The number of piperazine rings is 1. The van der Waals surface area contributed by atoms with Gasteiger partial charge in [-0.25, -0.2) is 4.68 Å². The largest absolute Gasteiger partial charge is 0.337 e. The first-order chi connectivity index (χ1) is 14.5. The van der Waals surface area contributed by atoms with Crippen LogP contribution in [-0.2, 0) is 18.5 Å². The molecule has 0 bridgehead atoms. The molecule has 9 heteroatoms. The van der Waals surface area contributed by atoms with E-state index in [1.165, 1.54) is 0 Å². The molecule has 1 aromatic carbocycles. The standard InChI is InChI=1S/C21H22ClN5OS2/c1-24-20(16-4-6-17(22)7-5-16)23-27(21(24)29)15-25-10-12-26(13-11-25)19(28)9-8-18-3-2-14-30-18/h2-9,14H,10-13,15H2,1H3/b9-8+. The molecule has 4 rings (SSSR count). The number of benzene rings is 1. The third kappa shape index (κ3) is 4.73. The van der Waals surface area contributed by atoms with Gasteiger partial charge in [-0.05, 0) is 54.0 Å². The van der Waals surface area contributed by atoms with Crippen molar-refractivity contribution in [3.8, 4) is 11.4 Å². The molecule has 0 radical (unpaired) electrons. The van der Waals surface area contributed by atoms with Crippen molar-refractivity contribution in [1.29, 1.82) is 0 Å². The highest BCUT2D eigenvalue weighted by Crippen LogP contribution is 2.20. The Kier molecular flexibility index (Phi) is 6.48. The Bertz CT molecular complexity index is 1090. The lowest BCUT2D eigenvalue weighted by Crippen LogP contribution is -2.48. The summed E-state index contributed by atoms with van der Waals surface area (Å²) in [5, 5.41) is 7.41. The van der Waals surface area contributed by atoms with Crippen LogP contribution in [-0.4, -0.2) is 56.2 Å². The maximum atomic E-state index is 12.4. The van der Waals surface area contributed by atoms with Gasteiger partial charge >= 0.3 is 0 Å². The lowest BCUT2D eigenvalue weighted by atomic mass is 10.2. The van der Waals surface area contributed by atoms with E-state index < -0.39 is 0 Å². The fourth-order valence-corrected chi connectivity index (χ4v) is 4.30. The van der Waals surface area contributed by atoms with E-state index >= 15 is 0 Å². The predicted molar refractivity (Wildman–Crippen MR) is 124 cm³/mol. The van der Waals surface area contributed by atoms with Crippen molar-refractivity contribution in [1.82, 2.24) is 24.1 Å². The number of aromatic nitrogens is 3.